The molecule has 5 atom stereocenters. The summed E-state index contributed by atoms with van der Waals surface area (Å²) in [7, 11) is 0. The Morgan fingerprint density at radius 1 is 1.13 bits per heavy atom. The first-order valence-corrected chi connectivity index (χ1v) is 12.2. The summed E-state index contributed by atoms with van der Waals surface area (Å²) in [6.07, 6.45) is -7.13. The van der Waals surface area contributed by atoms with Gasteiger partial charge < -0.3 is 26.0 Å². The van der Waals surface area contributed by atoms with E-state index < -0.39 is 53.7 Å². The number of allylic oxidation sites excluding steroid dienone is 1. The highest BCUT2D eigenvalue weighted by molar-refractivity contribution is 6.30. The number of alkyl halides is 3. The minimum Gasteiger partial charge on any atom is -0.398 e. The van der Waals surface area contributed by atoms with Crippen LogP contribution in [0.2, 0.25) is 5.02 Å². The van der Waals surface area contributed by atoms with Crippen LogP contribution in [-0.4, -0.2) is 60.1 Å². The third kappa shape index (κ3) is 6.47. The smallest absolute Gasteiger partial charge is 0.398 e. The van der Waals surface area contributed by atoms with Gasteiger partial charge >= 0.3 is 6.18 Å². The zero-order valence-electron chi connectivity index (χ0n) is 20.9. The van der Waals surface area contributed by atoms with E-state index in [0.29, 0.717) is 16.8 Å². The average molecular weight is 568 g/mol. The number of halogens is 5. The van der Waals surface area contributed by atoms with E-state index in [1.54, 1.807) is 6.92 Å². The van der Waals surface area contributed by atoms with Crippen LogP contribution in [0.5, 0.6) is 0 Å². The predicted octanol–water partition coefficient (Wildman–Crippen LogP) is 4.26. The second kappa shape index (κ2) is 11.4. The molecule has 2 fully saturated rings. The molecule has 0 amide bonds. The van der Waals surface area contributed by atoms with Gasteiger partial charge in [-0.1, -0.05) is 11.6 Å². The molecule has 39 heavy (non-hydrogen) atoms. The zero-order chi connectivity index (χ0) is 28.5. The van der Waals surface area contributed by atoms with Gasteiger partial charge in [-0.2, -0.15) is 13.2 Å². The Morgan fingerprint density at radius 2 is 1.82 bits per heavy atom. The summed E-state index contributed by atoms with van der Waals surface area (Å²) in [6.45, 7) is 3.29. The van der Waals surface area contributed by atoms with Crippen LogP contribution in [0.4, 0.5) is 23.2 Å². The molecular formula is C26H26ClF4N5O3. The number of aliphatic imine (C=N–C) groups is 3. The van der Waals surface area contributed by atoms with Crippen molar-refractivity contribution in [3.8, 4) is 0 Å². The molecule has 2 heterocycles. The molecule has 2 saturated heterocycles. The van der Waals surface area contributed by atoms with E-state index in [1.807, 2.05) is 0 Å². The number of aliphatic hydroxyl groups is 1. The van der Waals surface area contributed by atoms with Crippen LogP contribution in [0, 0.1) is 5.82 Å². The largest absolute Gasteiger partial charge is 0.418 e. The topological polar surface area (TPSA) is 128 Å². The van der Waals surface area contributed by atoms with Crippen molar-refractivity contribution in [1.82, 2.24) is 0 Å². The van der Waals surface area contributed by atoms with Gasteiger partial charge in [-0.25, -0.2) is 14.4 Å². The van der Waals surface area contributed by atoms with Gasteiger partial charge in [0.05, 0.1) is 23.7 Å². The lowest BCUT2D eigenvalue weighted by atomic mass is 9.89. The summed E-state index contributed by atoms with van der Waals surface area (Å²) >= 11 is 5.95. The maximum atomic E-state index is 13.7. The van der Waals surface area contributed by atoms with Crippen LogP contribution in [-0.2, 0) is 15.7 Å². The Balaban J connectivity index is 1.70. The molecule has 2 aliphatic rings. The highest BCUT2D eigenvalue weighted by Gasteiger charge is 2.52. The van der Waals surface area contributed by atoms with Crippen molar-refractivity contribution in [2.45, 2.75) is 50.5 Å². The molecule has 8 nitrogen and oxygen atoms in total. The molecule has 0 aromatic heterocycles. The van der Waals surface area contributed by atoms with Crippen LogP contribution in [0.15, 0.2) is 63.0 Å². The number of hydrogen-bond acceptors (Lipinski definition) is 6. The van der Waals surface area contributed by atoms with Crippen molar-refractivity contribution >= 4 is 40.9 Å². The van der Waals surface area contributed by atoms with E-state index in [0.717, 1.165) is 18.2 Å². The van der Waals surface area contributed by atoms with E-state index in [2.05, 4.69) is 15.0 Å². The minimum absolute atomic E-state index is 0.0157. The lowest BCUT2D eigenvalue weighted by molar-refractivity contribution is -0.255. The molecule has 5 N–H and O–H groups in total. The fourth-order valence-electron chi connectivity index (χ4n) is 4.17. The van der Waals surface area contributed by atoms with Gasteiger partial charge in [0.2, 0.25) is 0 Å². The Bertz CT molecular complexity index is 1340. The Morgan fingerprint density at radius 3 is 2.41 bits per heavy atom. The van der Waals surface area contributed by atoms with Crippen LogP contribution >= 0.6 is 11.6 Å². The number of hydrogen-bond donors (Lipinski definition) is 3. The van der Waals surface area contributed by atoms with Gasteiger partial charge in [0.25, 0.3) is 0 Å². The van der Waals surface area contributed by atoms with Crippen molar-refractivity contribution in [1.29, 1.82) is 0 Å². The maximum absolute atomic E-state index is 13.7. The minimum atomic E-state index is -4.73. The molecule has 0 saturated carbocycles. The summed E-state index contributed by atoms with van der Waals surface area (Å²) in [5, 5.41) is 11.3. The molecule has 0 aliphatic carbocycles. The van der Waals surface area contributed by atoms with E-state index in [1.165, 1.54) is 37.4 Å². The van der Waals surface area contributed by atoms with Crippen molar-refractivity contribution in [2.75, 3.05) is 6.61 Å². The van der Waals surface area contributed by atoms with Crippen molar-refractivity contribution in [3.05, 3.63) is 70.0 Å². The second-order valence-corrected chi connectivity index (χ2v) is 9.57. The van der Waals surface area contributed by atoms with E-state index in [-0.39, 0.29) is 23.3 Å². The standard InChI is InChI=1S/C26H26ClF4N5O3/c1-12(20(33)14-3-6-16(28)7-4-14)10-34-21-22(37)24(39-19-11-38-23(19)21)25(35-13(2)32)36-18-9-15(27)5-8-17(18)26(29,30)31/h3-10,19,21-24,37H,11,33H2,1-2H3,(H2,32,35,36). The molecule has 5 unspecified atom stereocenters. The van der Waals surface area contributed by atoms with Crippen LogP contribution in [0.25, 0.3) is 5.70 Å². The monoisotopic (exact) mass is 567 g/mol. The van der Waals surface area contributed by atoms with Gasteiger partial charge in [-0.15, -0.1) is 0 Å². The normalized spacial score (nSPS) is 26.7. The molecule has 208 valence electrons. The van der Waals surface area contributed by atoms with Gasteiger partial charge in [-0.3, -0.25) is 4.99 Å². The summed E-state index contributed by atoms with van der Waals surface area (Å²) in [6, 6.07) is 7.65. The number of rotatable bonds is 5. The number of amidine groups is 2. The van der Waals surface area contributed by atoms with Gasteiger partial charge in [0, 0.05) is 16.9 Å². The van der Waals surface area contributed by atoms with Crippen LogP contribution in [0.1, 0.15) is 25.0 Å². The average Bonchev–Trinajstić information content (AvgIpc) is 2.83. The quantitative estimate of drug-likeness (QED) is 0.283. The molecule has 2 aliphatic heterocycles. The fourth-order valence-corrected chi connectivity index (χ4v) is 4.33. The van der Waals surface area contributed by atoms with Crippen LogP contribution in [0.3, 0.4) is 0 Å². The first-order valence-electron chi connectivity index (χ1n) is 11.8. The fraction of sp³-hybridized carbons (Fsp3) is 0.346. The third-order valence-corrected chi connectivity index (χ3v) is 6.44. The molecule has 4 rings (SSSR count). The first-order chi connectivity index (χ1) is 18.3. The van der Waals surface area contributed by atoms with E-state index in [4.69, 9.17) is 32.5 Å². The van der Waals surface area contributed by atoms with Crippen molar-refractivity contribution in [2.24, 2.45) is 26.4 Å². The highest BCUT2D eigenvalue weighted by atomic mass is 35.5. The molecule has 0 spiro atoms. The molecular weight excluding hydrogens is 542 g/mol. The number of nitrogens with two attached hydrogens (primary N) is 2. The SMILES string of the molecule is CC(N)=NC(=Nc1cc(Cl)ccc1C(F)(F)F)C1OC2COC2C(N=CC(C)=C(N)c2ccc(F)cc2)C1O. The lowest BCUT2D eigenvalue weighted by Gasteiger charge is -2.48. The third-order valence-electron chi connectivity index (χ3n) is 6.20. The number of benzene rings is 2. The number of fused-ring (bicyclic) bond motifs is 1. The highest BCUT2D eigenvalue weighted by Crippen LogP contribution is 2.39. The Hall–Kier alpha value is -3.32. The predicted molar refractivity (Wildman–Crippen MR) is 141 cm³/mol. The number of ether oxygens (including phenoxy) is 2. The lowest BCUT2D eigenvalue weighted by Crippen LogP contribution is -2.66. The maximum Gasteiger partial charge on any atom is 0.418 e. The Labute approximate surface area is 226 Å². The van der Waals surface area contributed by atoms with Gasteiger partial charge in [-0.05, 0) is 67.4 Å². The van der Waals surface area contributed by atoms with Gasteiger partial charge in [0.15, 0.2) is 5.84 Å². The summed E-state index contributed by atoms with van der Waals surface area (Å²) < 4.78 is 65.7. The molecule has 0 radical (unpaired) electrons. The zero-order valence-corrected chi connectivity index (χ0v) is 21.6. The molecule has 2 aromatic carbocycles. The molecule has 13 heteroatoms. The van der Waals surface area contributed by atoms with Crippen LogP contribution < -0.4 is 11.5 Å². The van der Waals surface area contributed by atoms with Gasteiger partial charge in [0.1, 0.15) is 36.3 Å². The molecule has 0 bridgehead atoms. The number of aliphatic hydroxyl groups excluding tert-OH is 1. The number of nitrogens with zero attached hydrogens (tertiary/aromatic N) is 3. The van der Waals surface area contributed by atoms with Crippen molar-refractivity contribution in [3.63, 3.8) is 0 Å². The summed E-state index contributed by atoms with van der Waals surface area (Å²) in [5.41, 5.74) is 11.8. The molecule has 2 aromatic rings. The second-order valence-electron chi connectivity index (χ2n) is 9.14. The van der Waals surface area contributed by atoms with E-state index >= 15 is 0 Å². The summed E-state index contributed by atoms with van der Waals surface area (Å²) in [5.74, 6) is -0.702. The van der Waals surface area contributed by atoms with E-state index in [9.17, 15) is 22.7 Å². The summed E-state index contributed by atoms with van der Waals surface area (Å²) in [4.78, 5) is 12.7. The first kappa shape index (κ1) is 28.7. The van der Waals surface area contributed by atoms with Crippen molar-refractivity contribution < 1.29 is 32.1 Å². The Kier molecular flexibility index (Phi) is 8.40.